The van der Waals surface area contributed by atoms with E-state index < -0.39 is 0 Å². The summed E-state index contributed by atoms with van der Waals surface area (Å²) < 4.78 is 0. The lowest BCUT2D eigenvalue weighted by Gasteiger charge is -2.25. The molecular weight excluding hydrogens is 244 g/mol. The van der Waals surface area contributed by atoms with E-state index in [4.69, 9.17) is 5.73 Å². The Morgan fingerprint density at radius 1 is 1.25 bits per heavy atom. The van der Waals surface area contributed by atoms with Crippen LogP contribution in [0.3, 0.4) is 0 Å². The topological polar surface area (TPSA) is 38.0 Å². The van der Waals surface area contributed by atoms with Crippen molar-refractivity contribution in [1.82, 2.24) is 5.32 Å². The molecule has 1 aromatic rings. The summed E-state index contributed by atoms with van der Waals surface area (Å²) >= 11 is 0. The van der Waals surface area contributed by atoms with Crippen LogP contribution in [0, 0.1) is 5.92 Å². The van der Waals surface area contributed by atoms with Crippen molar-refractivity contribution < 1.29 is 0 Å². The Bertz CT molecular complexity index is 505. The van der Waals surface area contributed by atoms with Crippen molar-refractivity contribution in [2.75, 3.05) is 0 Å². The summed E-state index contributed by atoms with van der Waals surface area (Å²) in [6, 6.07) is 6.53. The van der Waals surface area contributed by atoms with E-state index in [9.17, 15) is 0 Å². The third-order valence-corrected chi connectivity index (χ3v) is 3.21. The van der Waals surface area contributed by atoms with Gasteiger partial charge in [-0.1, -0.05) is 59.9 Å². The van der Waals surface area contributed by atoms with Crippen molar-refractivity contribution in [3.63, 3.8) is 0 Å². The van der Waals surface area contributed by atoms with Crippen molar-refractivity contribution in [2.45, 2.75) is 46.5 Å². The predicted molar refractivity (Wildman–Crippen MR) is 89.2 cm³/mol. The van der Waals surface area contributed by atoms with E-state index in [1.807, 2.05) is 0 Å². The molecule has 0 fully saturated rings. The number of rotatable bonds is 5. The lowest BCUT2D eigenvalue weighted by Crippen LogP contribution is -2.19. The van der Waals surface area contributed by atoms with Crippen LogP contribution in [-0.2, 0) is 11.8 Å². The standard InChI is InChI=1S/C18H28N2/c1-12(2)10-16-9-8-15(13(3)20-14(4)19)11-17(16)18(5,6)7/h8-9,11-12,20H,3-4,10,19H2,1-2,5-7H3. The fraction of sp³-hybridized carbons (Fsp3) is 0.444. The molecule has 0 amide bonds. The van der Waals surface area contributed by atoms with Gasteiger partial charge in [0.25, 0.3) is 0 Å². The molecule has 0 radical (unpaired) electrons. The predicted octanol–water partition coefficient (Wildman–Crippen LogP) is 4.17. The SMILES string of the molecule is C=C(N)NC(=C)c1ccc(CC(C)C)c(C(C)(C)C)c1. The van der Waals surface area contributed by atoms with Crippen molar-refractivity contribution in [3.8, 4) is 0 Å². The van der Waals surface area contributed by atoms with E-state index in [0.29, 0.717) is 11.7 Å². The van der Waals surface area contributed by atoms with Gasteiger partial charge in [0.1, 0.15) is 0 Å². The lowest BCUT2D eigenvalue weighted by atomic mass is 9.80. The molecule has 1 rings (SSSR count). The second-order valence-electron chi connectivity index (χ2n) is 6.85. The van der Waals surface area contributed by atoms with Crippen LogP contribution in [-0.4, -0.2) is 0 Å². The first kappa shape index (κ1) is 16.4. The zero-order valence-corrected chi connectivity index (χ0v) is 13.5. The Balaban J connectivity index is 3.21. The fourth-order valence-corrected chi connectivity index (χ4v) is 2.35. The summed E-state index contributed by atoms with van der Waals surface area (Å²) in [4.78, 5) is 0. The Hall–Kier alpha value is -1.70. The molecule has 0 heterocycles. The second-order valence-corrected chi connectivity index (χ2v) is 6.85. The monoisotopic (exact) mass is 272 g/mol. The normalized spacial score (nSPS) is 11.5. The van der Waals surface area contributed by atoms with Crippen LogP contribution in [0.4, 0.5) is 0 Å². The Morgan fingerprint density at radius 3 is 2.30 bits per heavy atom. The first-order chi connectivity index (χ1) is 9.11. The number of hydrogen-bond acceptors (Lipinski definition) is 2. The largest absolute Gasteiger partial charge is 0.386 e. The Kier molecular flexibility index (Phi) is 5.04. The van der Waals surface area contributed by atoms with E-state index in [1.54, 1.807) is 0 Å². The molecule has 0 spiro atoms. The molecule has 0 aromatic heterocycles. The van der Waals surface area contributed by atoms with Crippen LogP contribution in [0.2, 0.25) is 0 Å². The molecule has 2 nitrogen and oxygen atoms in total. The molecule has 0 aliphatic carbocycles. The smallest absolute Gasteiger partial charge is 0.0930 e. The van der Waals surface area contributed by atoms with Crippen LogP contribution in [0.5, 0.6) is 0 Å². The van der Waals surface area contributed by atoms with E-state index in [0.717, 1.165) is 17.7 Å². The highest BCUT2D eigenvalue weighted by Crippen LogP contribution is 2.30. The molecule has 0 aliphatic heterocycles. The molecule has 0 saturated carbocycles. The minimum Gasteiger partial charge on any atom is -0.386 e. The third kappa shape index (κ3) is 4.44. The highest BCUT2D eigenvalue weighted by Gasteiger charge is 2.19. The minimum absolute atomic E-state index is 0.111. The van der Waals surface area contributed by atoms with Gasteiger partial charge in [-0.15, -0.1) is 0 Å². The van der Waals surface area contributed by atoms with Gasteiger partial charge in [-0.05, 0) is 40.5 Å². The Morgan fingerprint density at radius 2 is 1.85 bits per heavy atom. The number of benzene rings is 1. The maximum Gasteiger partial charge on any atom is 0.0930 e. The van der Waals surface area contributed by atoms with E-state index in [1.165, 1.54) is 11.1 Å². The van der Waals surface area contributed by atoms with Crippen LogP contribution < -0.4 is 11.1 Å². The second kappa shape index (κ2) is 6.17. The molecular formula is C18H28N2. The highest BCUT2D eigenvalue weighted by atomic mass is 15.0. The van der Waals surface area contributed by atoms with Gasteiger partial charge in [-0.25, -0.2) is 0 Å². The summed E-state index contributed by atoms with van der Waals surface area (Å²) in [6.07, 6.45) is 1.09. The van der Waals surface area contributed by atoms with Crippen LogP contribution in [0.15, 0.2) is 37.2 Å². The van der Waals surface area contributed by atoms with Gasteiger partial charge in [-0.3, -0.25) is 0 Å². The van der Waals surface area contributed by atoms with Crippen LogP contribution >= 0.6 is 0 Å². The van der Waals surface area contributed by atoms with Gasteiger partial charge in [-0.2, -0.15) is 0 Å². The molecule has 1 aromatic carbocycles. The van der Waals surface area contributed by atoms with Gasteiger partial charge in [0, 0.05) is 5.70 Å². The van der Waals surface area contributed by atoms with E-state index >= 15 is 0 Å². The fourth-order valence-electron chi connectivity index (χ4n) is 2.35. The summed E-state index contributed by atoms with van der Waals surface area (Å²) in [6.45, 7) is 18.9. The average Bonchev–Trinajstić information content (AvgIpc) is 2.26. The maximum absolute atomic E-state index is 5.58. The van der Waals surface area contributed by atoms with Crippen LogP contribution in [0.1, 0.15) is 51.3 Å². The van der Waals surface area contributed by atoms with Crippen molar-refractivity contribution >= 4 is 5.70 Å². The first-order valence-electron chi connectivity index (χ1n) is 7.15. The molecule has 0 aliphatic rings. The molecule has 0 bridgehead atoms. The summed E-state index contributed by atoms with van der Waals surface area (Å²) in [7, 11) is 0. The Labute approximate surface area is 123 Å². The van der Waals surface area contributed by atoms with Crippen LogP contribution in [0.25, 0.3) is 5.70 Å². The van der Waals surface area contributed by atoms with Gasteiger partial charge in [0.15, 0.2) is 0 Å². The molecule has 110 valence electrons. The summed E-state index contributed by atoms with van der Waals surface area (Å²) in [5.41, 5.74) is 10.3. The highest BCUT2D eigenvalue weighted by molar-refractivity contribution is 5.64. The average molecular weight is 272 g/mol. The van der Waals surface area contributed by atoms with E-state index in [-0.39, 0.29) is 5.41 Å². The minimum atomic E-state index is 0.111. The molecule has 0 unspecified atom stereocenters. The molecule has 3 N–H and O–H groups in total. The molecule has 0 atom stereocenters. The van der Waals surface area contributed by atoms with Crippen molar-refractivity contribution in [3.05, 3.63) is 53.9 Å². The number of nitrogens with one attached hydrogen (secondary N) is 1. The van der Waals surface area contributed by atoms with Crippen molar-refractivity contribution in [1.29, 1.82) is 0 Å². The quantitative estimate of drug-likeness (QED) is 0.844. The summed E-state index contributed by atoms with van der Waals surface area (Å²) in [5.74, 6) is 1.06. The third-order valence-electron chi connectivity index (χ3n) is 3.21. The number of nitrogens with two attached hydrogens (primary N) is 1. The van der Waals surface area contributed by atoms with Gasteiger partial charge < -0.3 is 11.1 Å². The van der Waals surface area contributed by atoms with Gasteiger partial charge >= 0.3 is 0 Å². The van der Waals surface area contributed by atoms with E-state index in [2.05, 4.69) is 71.3 Å². The first-order valence-corrected chi connectivity index (χ1v) is 7.15. The molecule has 0 saturated heterocycles. The maximum atomic E-state index is 5.58. The lowest BCUT2D eigenvalue weighted by molar-refractivity contribution is 0.566. The molecule has 2 heteroatoms. The van der Waals surface area contributed by atoms with Crippen molar-refractivity contribution in [2.24, 2.45) is 11.7 Å². The zero-order chi connectivity index (χ0) is 15.5. The van der Waals surface area contributed by atoms with Gasteiger partial charge in [0.2, 0.25) is 0 Å². The summed E-state index contributed by atoms with van der Waals surface area (Å²) in [5, 5.41) is 2.99. The zero-order valence-electron chi connectivity index (χ0n) is 13.5. The van der Waals surface area contributed by atoms with Gasteiger partial charge in [0.05, 0.1) is 5.82 Å². The molecule has 20 heavy (non-hydrogen) atoms. The number of hydrogen-bond donors (Lipinski definition) is 2.